The lowest BCUT2D eigenvalue weighted by Crippen LogP contribution is -2.47. The molecule has 3 N–H and O–H groups in total. The van der Waals surface area contributed by atoms with Gasteiger partial charge in [0.25, 0.3) is 0 Å². The molecule has 17 heavy (non-hydrogen) atoms. The van der Waals surface area contributed by atoms with E-state index in [4.69, 9.17) is 5.73 Å². The average Bonchev–Trinajstić information content (AvgIpc) is 2.78. The van der Waals surface area contributed by atoms with Crippen molar-refractivity contribution in [3.05, 3.63) is 0 Å². The molecule has 0 aromatic rings. The Morgan fingerprint density at radius 1 is 1.35 bits per heavy atom. The molecular formula is C14H28N2O. The Hall–Kier alpha value is -0.570. The molecule has 0 aromatic heterocycles. The zero-order valence-corrected chi connectivity index (χ0v) is 11.8. The summed E-state index contributed by atoms with van der Waals surface area (Å²) in [6.45, 7) is 9.21. The fraction of sp³-hybridized carbons (Fsp3) is 0.929. The number of carbonyl (C=O) groups is 1. The number of hydrogen-bond donors (Lipinski definition) is 2. The molecule has 3 nitrogen and oxygen atoms in total. The van der Waals surface area contributed by atoms with Gasteiger partial charge in [-0.1, -0.05) is 40.5 Å². The molecule has 1 aliphatic carbocycles. The van der Waals surface area contributed by atoms with Crippen LogP contribution >= 0.6 is 0 Å². The standard InChI is InChI=1S/C14H28N2O/c1-10(2)12(15)13(17)16-9-14(3,4)11-7-5-6-8-11/h10-12H,5-9,15H2,1-4H3,(H,16,17)/t12-/m0/s1. The summed E-state index contributed by atoms with van der Waals surface area (Å²) in [5, 5.41) is 3.02. The monoisotopic (exact) mass is 240 g/mol. The van der Waals surface area contributed by atoms with E-state index in [1.54, 1.807) is 0 Å². The van der Waals surface area contributed by atoms with Crippen LogP contribution in [0.5, 0.6) is 0 Å². The van der Waals surface area contributed by atoms with Crippen molar-refractivity contribution in [2.75, 3.05) is 6.54 Å². The molecular weight excluding hydrogens is 212 g/mol. The van der Waals surface area contributed by atoms with Crippen LogP contribution in [0.4, 0.5) is 0 Å². The number of rotatable bonds is 5. The zero-order chi connectivity index (χ0) is 13.1. The number of nitrogens with one attached hydrogen (secondary N) is 1. The molecule has 0 bridgehead atoms. The van der Waals surface area contributed by atoms with Crippen LogP contribution in [0.15, 0.2) is 0 Å². The second kappa shape index (κ2) is 5.85. The summed E-state index contributed by atoms with van der Waals surface area (Å²) in [4.78, 5) is 11.8. The lowest BCUT2D eigenvalue weighted by molar-refractivity contribution is -0.123. The van der Waals surface area contributed by atoms with Crippen LogP contribution < -0.4 is 11.1 Å². The second-order valence-corrected chi connectivity index (χ2v) is 6.46. The number of nitrogens with two attached hydrogens (primary N) is 1. The van der Waals surface area contributed by atoms with Gasteiger partial charge in [0.05, 0.1) is 6.04 Å². The molecule has 1 amide bonds. The normalized spacial score (nSPS) is 19.6. The van der Waals surface area contributed by atoms with Crippen LogP contribution in [-0.2, 0) is 4.79 Å². The quantitative estimate of drug-likeness (QED) is 0.774. The molecule has 0 aliphatic heterocycles. The van der Waals surface area contributed by atoms with Crippen molar-refractivity contribution < 1.29 is 4.79 Å². The van der Waals surface area contributed by atoms with E-state index in [-0.39, 0.29) is 23.3 Å². The first-order valence-corrected chi connectivity index (χ1v) is 6.88. The third-order valence-electron chi connectivity index (χ3n) is 4.20. The molecule has 0 saturated heterocycles. The highest BCUT2D eigenvalue weighted by molar-refractivity contribution is 5.81. The minimum Gasteiger partial charge on any atom is -0.354 e. The fourth-order valence-electron chi connectivity index (χ4n) is 2.59. The smallest absolute Gasteiger partial charge is 0.237 e. The summed E-state index contributed by atoms with van der Waals surface area (Å²) in [6, 6.07) is -0.380. The van der Waals surface area contributed by atoms with E-state index in [0.29, 0.717) is 0 Å². The van der Waals surface area contributed by atoms with E-state index in [9.17, 15) is 4.79 Å². The summed E-state index contributed by atoms with van der Waals surface area (Å²) in [5.41, 5.74) is 6.03. The lowest BCUT2D eigenvalue weighted by atomic mass is 9.77. The van der Waals surface area contributed by atoms with Gasteiger partial charge in [0.1, 0.15) is 0 Å². The highest BCUT2D eigenvalue weighted by Crippen LogP contribution is 2.38. The number of hydrogen-bond acceptors (Lipinski definition) is 2. The van der Waals surface area contributed by atoms with Gasteiger partial charge < -0.3 is 11.1 Å². The van der Waals surface area contributed by atoms with Gasteiger partial charge in [-0.25, -0.2) is 0 Å². The molecule has 1 atom stereocenters. The minimum atomic E-state index is -0.380. The van der Waals surface area contributed by atoms with Crippen molar-refractivity contribution in [1.29, 1.82) is 0 Å². The third-order valence-corrected chi connectivity index (χ3v) is 4.20. The SMILES string of the molecule is CC(C)[C@H](N)C(=O)NCC(C)(C)C1CCCC1. The van der Waals surface area contributed by atoms with Gasteiger partial charge in [-0.2, -0.15) is 0 Å². The molecule has 100 valence electrons. The first-order valence-electron chi connectivity index (χ1n) is 6.88. The summed E-state index contributed by atoms with van der Waals surface area (Å²) < 4.78 is 0. The Bertz CT molecular complexity index is 255. The highest BCUT2D eigenvalue weighted by Gasteiger charge is 2.32. The lowest BCUT2D eigenvalue weighted by Gasteiger charge is -2.32. The van der Waals surface area contributed by atoms with Crippen LogP contribution in [0, 0.1) is 17.3 Å². The van der Waals surface area contributed by atoms with E-state index >= 15 is 0 Å². The van der Waals surface area contributed by atoms with Crippen LogP contribution in [0.3, 0.4) is 0 Å². The zero-order valence-electron chi connectivity index (χ0n) is 11.8. The molecule has 0 radical (unpaired) electrons. The Morgan fingerprint density at radius 2 is 1.88 bits per heavy atom. The van der Waals surface area contributed by atoms with Gasteiger partial charge in [0, 0.05) is 6.54 Å². The minimum absolute atomic E-state index is 0.00827. The molecule has 0 heterocycles. The predicted octanol–water partition coefficient (Wildman–Crippen LogP) is 2.30. The van der Waals surface area contributed by atoms with Gasteiger partial charge in [-0.15, -0.1) is 0 Å². The number of amides is 1. The topological polar surface area (TPSA) is 55.1 Å². The van der Waals surface area contributed by atoms with Crippen LogP contribution in [0.1, 0.15) is 53.4 Å². The Kier molecular flexibility index (Phi) is 4.99. The molecule has 1 fully saturated rings. The van der Waals surface area contributed by atoms with E-state index in [2.05, 4.69) is 19.2 Å². The Balaban J connectivity index is 2.40. The largest absolute Gasteiger partial charge is 0.354 e. The maximum atomic E-state index is 11.8. The summed E-state index contributed by atoms with van der Waals surface area (Å²) in [6.07, 6.45) is 5.29. The predicted molar refractivity (Wildman–Crippen MR) is 71.6 cm³/mol. The number of carbonyl (C=O) groups excluding carboxylic acids is 1. The molecule has 0 aromatic carbocycles. The highest BCUT2D eigenvalue weighted by atomic mass is 16.2. The van der Waals surface area contributed by atoms with Crippen molar-refractivity contribution in [1.82, 2.24) is 5.32 Å². The molecule has 1 saturated carbocycles. The van der Waals surface area contributed by atoms with Gasteiger partial charge in [-0.05, 0) is 30.1 Å². The summed E-state index contributed by atoms with van der Waals surface area (Å²) in [5.74, 6) is 0.939. The van der Waals surface area contributed by atoms with E-state index < -0.39 is 0 Å². The van der Waals surface area contributed by atoms with E-state index in [1.165, 1.54) is 25.7 Å². The fourth-order valence-corrected chi connectivity index (χ4v) is 2.59. The van der Waals surface area contributed by atoms with Crippen molar-refractivity contribution in [2.45, 2.75) is 59.4 Å². The van der Waals surface area contributed by atoms with Crippen LogP contribution in [-0.4, -0.2) is 18.5 Å². The first-order chi connectivity index (χ1) is 7.84. The second-order valence-electron chi connectivity index (χ2n) is 6.46. The maximum absolute atomic E-state index is 11.8. The van der Waals surface area contributed by atoms with Crippen LogP contribution in [0.25, 0.3) is 0 Å². The Labute approximate surface area is 106 Å². The van der Waals surface area contributed by atoms with Crippen molar-refractivity contribution in [3.8, 4) is 0 Å². The molecule has 1 rings (SSSR count). The average molecular weight is 240 g/mol. The summed E-state index contributed by atoms with van der Waals surface area (Å²) in [7, 11) is 0. The molecule has 0 spiro atoms. The van der Waals surface area contributed by atoms with Crippen molar-refractivity contribution in [3.63, 3.8) is 0 Å². The van der Waals surface area contributed by atoms with Crippen LogP contribution in [0.2, 0.25) is 0 Å². The van der Waals surface area contributed by atoms with Gasteiger partial charge in [0.2, 0.25) is 5.91 Å². The van der Waals surface area contributed by atoms with Gasteiger partial charge in [0.15, 0.2) is 0 Å². The first kappa shape index (κ1) is 14.5. The van der Waals surface area contributed by atoms with E-state index in [0.717, 1.165) is 12.5 Å². The van der Waals surface area contributed by atoms with E-state index in [1.807, 2.05) is 13.8 Å². The Morgan fingerprint density at radius 3 is 2.35 bits per heavy atom. The third kappa shape index (κ3) is 3.98. The maximum Gasteiger partial charge on any atom is 0.237 e. The molecule has 1 aliphatic rings. The molecule has 3 heteroatoms. The summed E-state index contributed by atoms with van der Waals surface area (Å²) >= 11 is 0. The van der Waals surface area contributed by atoms with Gasteiger partial charge >= 0.3 is 0 Å². The molecule has 0 unspecified atom stereocenters. The van der Waals surface area contributed by atoms with Gasteiger partial charge in [-0.3, -0.25) is 4.79 Å². The van der Waals surface area contributed by atoms with Crippen molar-refractivity contribution in [2.24, 2.45) is 23.0 Å². The van der Waals surface area contributed by atoms with Crippen molar-refractivity contribution >= 4 is 5.91 Å².